The van der Waals surface area contributed by atoms with Crippen LogP contribution in [-0.4, -0.2) is 35.0 Å². The summed E-state index contributed by atoms with van der Waals surface area (Å²) < 4.78 is 47.5. The number of aromatic nitrogens is 2. The first-order chi connectivity index (χ1) is 15.4. The zero-order chi connectivity index (χ0) is 22.7. The fourth-order valence-electron chi connectivity index (χ4n) is 4.80. The normalized spacial score (nSPS) is 23.6. The van der Waals surface area contributed by atoms with Crippen LogP contribution in [0.5, 0.6) is 0 Å². The van der Waals surface area contributed by atoms with Crippen molar-refractivity contribution < 1.29 is 22.7 Å². The molecule has 2 fully saturated rings. The topological polar surface area (TPSA) is 64.1 Å². The van der Waals surface area contributed by atoms with Crippen molar-refractivity contribution in [1.29, 1.82) is 0 Å². The summed E-state index contributed by atoms with van der Waals surface area (Å²) in [6.07, 6.45) is 6.24. The third kappa shape index (κ3) is 4.95. The maximum atomic E-state index is 14.6. The maximum Gasteiger partial charge on any atom is 0.248 e. The Balaban J connectivity index is 1.66. The van der Waals surface area contributed by atoms with E-state index in [2.05, 4.69) is 15.3 Å². The van der Waals surface area contributed by atoms with Gasteiger partial charge in [0.05, 0.1) is 17.5 Å². The van der Waals surface area contributed by atoms with Crippen LogP contribution in [0, 0.1) is 11.7 Å². The standard InChI is InChI=1S/C24H28F3N3O2/c1-32-17-6-4-16(5-7-17)23(31)30-22-18(21-19(25)3-2-13-28-21)10-14-29-20(22)15-8-11-24(26,27)12-9-15/h2-3,10,13-17H,4-9,11-12H2,1H3,(H,30,31)/t16-,17-. The number of methoxy groups -OCH3 is 1. The molecule has 2 aromatic heterocycles. The summed E-state index contributed by atoms with van der Waals surface area (Å²) in [4.78, 5) is 21.8. The Hall–Kier alpha value is -2.48. The van der Waals surface area contributed by atoms with Crippen LogP contribution in [0.4, 0.5) is 18.9 Å². The molecule has 0 bridgehead atoms. The highest BCUT2D eigenvalue weighted by atomic mass is 19.3. The van der Waals surface area contributed by atoms with Crippen LogP contribution in [0.15, 0.2) is 30.6 Å². The van der Waals surface area contributed by atoms with Gasteiger partial charge in [0.1, 0.15) is 11.5 Å². The SMILES string of the molecule is CO[C@H]1CC[C@H](C(=O)Nc2c(-c3ncccc3F)ccnc2C2CCC(F)(F)CC2)CC1. The summed E-state index contributed by atoms with van der Waals surface area (Å²) in [5, 5.41) is 2.99. The highest BCUT2D eigenvalue weighted by Crippen LogP contribution is 2.44. The fourth-order valence-corrected chi connectivity index (χ4v) is 4.80. The second kappa shape index (κ2) is 9.57. The van der Waals surface area contributed by atoms with E-state index < -0.39 is 11.7 Å². The maximum absolute atomic E-state index is 14.6. The van der Waals surface area contributed by atoms with Crippen LogP contribution in [0.1, 0.15) is 63.0 Å². The van der Waals surface area contributed by atoms with Gasteiger partial charge in [-0.2, -0.15) is 0 Å². The molecule has 32 heavy (non-hydrogen) atoms. The first kappa shape index (κ1) is 22.7. The third-order valence-corrected chi connectivity index (χ3v) is 6.72. The number of amides is 1. The van der Waals surface area contributed by atoms with E-state index >= 15 is 0 Å². The van der Waals surface area contributed by atoms with E-state index in [4.69, 9.17) is 4.74 Å². The molecular formula is C24H28F3N3O2. The zero-order valence-corrected chi connectivity index (χ0v) is 18.1. The van der Waals surface area contributed by atoms with Gasteiger partial charge in [-0.15, -0.1) is 0 Å². The van der Waals surface area contributed by atoms with E-state index in [9.17, 15) is 18.0 Å². The average molecular weight is 448 g/mol. The predicted molar refractivity (Wildman–Crippen MR) is 115 cm³/mol. The molecule has 0 unspecified atom stereocenters. The molecule has 0 atom stereocenters. The van der Waals surface area contributed by atoms with Crippen molar-refractivity contribution in [3.05, 3.63) is 42.1 Å². The summed E-state index contributed by atoms with van der Waals surface area (Å²) in [5.41, 5.74) is 1.45. The number of halogens is 3. The van der Waals surface area contributed by atoms with Crippen molar-refractivity contribution in [2.24, 2.45) is 5.92 Å². The lowest BCUT2D eigenvalue weighted by atomic mass is 9.83. The number of rotatable bonds is 5. The zero-order valence-electron chi connectivity index (χ0n) is 18.1. The Bertz CT molecular complexity index is 951. The average Bonchev–Trinajstić information content (AvgIpc) is 2.80. The molecule has 0 aromatic carbocycles. The minimum atomic E-state index is -2.68. The minimum absolute atomic E-state index is 0.107. The Kier molecular flexibility index (Phi) is 6.79. The number of hydrogen-bond acceptors (Lipinski definition) is 4. The van der Waals surface area contributed by atoms with Crippen molar-refractivity contribution >= 4 is 11.6 Å². The van der Waals surface area contributed by atoms with Crippen molar-refractivity contribution in [3.63, 3.8) is 0 Å². The lowest BCUT2D eigenvalue weighted by molar-refractivity contribution is -0.121. The molecule has 2 heterocycles. The molecule has 2 aromatic rings. The molecule has 5 nitrogen and oxygen atoms in total. The van der Waals surface area contributed by atoms with Gasteiger partial charge in [0, 0.05) is 49.7 Å². The van der Waals surface area contributed by atoms with Crippen molar-refractivity contribution in [3.8, 4) is 11.3 Å². The Morgan fingerprint density at radius 3 is 2.44 bits per heavy atom. The van der Waals surface area contributed by atoms with Gasteiger partial charge in [-0.25, -0.2) is 13.2 Å². The van der Waals surface area contributed by atoms with Crippen molar-refractivity contribution in [2.45, 2.75) is 69.3 Å². The smallest absolute Gasteiger partial charge is 0.248 e. The molecule has 1 amide bonds. The van der Waals surface area contributed by atoms with Gasteiger partial charge < -0.3 is 10.1 Å². The van der Waals surface area contributed by atoms with Crippen LogP contribution in [0.25, 0.3) is 11.3 Å². The molecular weight excluding hydrogens is 419 g/mol. The fraction of sp³-hybridized carbons (Fsp3) is 0.542. The van der Waals surface area contributed by atoms with Gasteiger partial charge in [-0.05, 0) is 56.7 Å². The van der Waals surface area contributed by atoms with Crippen LogP contribution in [-0.2, 0) is 9.53 Å². The second-order valence-electron chi connectivity index (χ2n) is 8.78. The Morgan fingerprint density at radius 2 is 1.78 bits per heavy atom. The van der Waals surface area contributed by atoms with Crippen LogP contribution in [0.2, 0.25) is 0 Å². The van der Waals surface area contributed by atoms with E-state index in [-0.39, 0.29) is 55.2 Å². The molecule has 0 radical (unpaired) electrons. The van der Waals surface area contributed by atoms with Crippen LogP contribution >= 0.6 is 0 Å². The van der Waals surface area contributed by atoms with Crippen LogP contribution in [0.3, 0.4) is 0 Å². The molecule has 2 aliphatic rings. The number of ether oxygens (including phenoxy) is 1. The number of carbonyl (C=O) groups is 1. The highest BCUT2D eigenvalue weighted by molar-refractivity contribution is 5.97. The molecule has 0 aliphatic heterocycles. The predicted octanol–water partition coefficient (Wildman–Crippen LogP) is 5.72. The van der Waals surface area contributed by atoms with E-state index in [0.29, 0.717) is 29.8 Å². The number of nitrogens with one attached hydrogen (secondary N) is 1. The van der Waals surface area contributed by atoms with Gasteiger partial charge in [-0.1, -0.05) is 0 Å². The van der Waals surface area contributed by atoms with Crippen molar-refractivity contribution in [1.82, 2.24) is 9.97 Å². The van der Waals surface area contributed by atoms with Gasteiger partial charge in [0.25, 0.3) is 0 Å². The monoisotopic (exact) mass is 447 g/mol. The van der Waals surface area contributed by atoms with E-state index in [1.807, 2.05) is 0 Å². The number of hydrogen-bond donors (Lipinski definition) is 1. The number of alkyl halides is 2. The molecule has 0 spiro atoms. The molecule has 8 heteroatoms. The summed E-state index contributed by atoms with van der Waals surface area (Å²) in [6.45, 7) is 0. The van der Waals surface area contributed by atoms with E-state index in [1.54, 1.807) is 13.2 Å². The number of anilines is 1. The lowest BCUT2D eigenvalue weighted by Gasteiger charge is -2.30. The first-order valence-corrected chi connectivity index (χ1v) is 11.2. The molecule has 2 aliphatic carbocycles. The lowest BCUT2D eigenvalue weighted by Crippen LogP contribution is -2.30. The highest BCUT2D eigenvalue weighted by Gasteiger charge is 2.37. The van der Waals surface area contributed by atoms with Gasteiger partial charge >= 0.3 is 0 Å². The molecule has 2 saturated carbocycles. The number of nitrogens with zero attached hydrogens (tertiary/aromatic N) is 2. The van der Waals surface area contributed by atoms with E-state index in [0.717, 1.165) is 12.8 Å². The summed E-state index contributed by atoms with van der Waals surface area (Å²) in [7, 11) is 1.67. The largest absolute Gasteiger partial charge is 0.381 e. The Morgan fingerprint density at radius 1 is 1.06 bits per heavy atom. The second-order valence-corrected chi connectivity index (χ2v) is 8.78. The van der Waals surface area contributed by atoms with Gasteiger partial charge in [-0.3, -0.25) is 14.8 Å². The summed E-state index contributed by atoms with van der Waals surface area (Å²) >= 11 is 0. The molecule has 0 saturated heterocycles. The summed E-state index contributed by atoms with van der Waals surface area (Å²) in [5.74, 6) is -3.78. The molecule has 172 valence electrons. The minimum Gasteiger partial charge on any atom is -0.381 e. The summed E-state index contributed by atoms with van der Waals surface area (Å²) in [6, 6.07) is 4.42. The quantitative estimate of drug-likeness (QED) is 0.637. The number of pyridine rings is 2. The van der Waals surface area contributed by atoms with Crippen LogP contribution < -0.4 is 5.32 Å². The molecule has 4 rings (SSSR count). The Labute approximate surface area is 185 Å². The van der Waals surface area contributed by atoms with E-state index in [1.165, 1.54) is 24.5 Å². The number of carbonyl (C=O) groups excluding carboxylic acids is 1. The van der Waals surface area contributed by atoms with Crippen molar-refractivity contribution in [2.75, 3.05) is 12.4 Å². The van der Waals surface area contributed by atoms with Gasteiger partial charge in [0.2, 0.25) is 11.8 Å². The molecule has 1 N–H and O–H groups in total. The first-order valence-electron chi connectivity index (χ1n) is 11.2. The third-order valence-electron chi connectivity index (χ3n) is 6.72. The van der Waals surface area contributed by atoms with Gasteiger partial charge in [0.15, 0.2) is 0 Å².